The van der Waals surface area contributed by atoms with Gasteiger partial charge in [-0.3, -0.25) is 4.99 Å². The van der Waals surface area contributed by atoms with Crippen LogP contribution in [0.5, 0.6) is 0 Å². The van der Waals surface area contributed by atoms with Crippen molar-refractivity contribution in [1.29, 1.82) is 0 Å². The van der Waals surface area contributed by atoms with Crippen LogP contribution in [-0.2, 0) is 0 Å². The van der Waals surface area contributed by atoms with Crippen LogP contribution in [0, 0.1) is 5.82 Å². The second-order valence-corrected chi connectivity index (χ2v) is 6.98. The third kappa shape index (κ3) is 12.0. The molecule has 7 heteroatoms. The maximum Gasteiger partial charge on any atom is 0.190 e. The molecule has 0 heterocycles. The van der Waals surface area contributed by atoms with Gasteiger partial charge >= 0.3 is 0 Å². The number of hydrogen-bond acceptors (Lipinski definition) is 3. The molecule has 0 aliphatic heterocycles. The van der Waals surface area contributed by atoms with Gasteiger partial charge in [0.25, 0.3) is 0 Å². The van der Waals surface area contributed by atoms with Crippen molar-refractivity contribution in [3.8, 4) is 0 Å². The minimum atomic E-state index is -0.182. The zero-order valence-corrected chi connectivity index (χ0v) is 19.4. The van der Waals surface area contributed by atoms with E-state index >= 15 is 0 Å². The molecule has 0 saturated heterocycles. The fourth-order valence-electron chi connectivity index (χ4n) is 2.43. The molecule has 1 aromatic carbocycles. The molecule has 0 aliphatic carbocycles. The first kappa shape index (κ1) is 25.5. The lowest BCUT2D eigenvalue weighted by Gasteiger charge is -2.18. The largest absolute Gasteiger partial charge is 0.356 e. The molecule has 0 amide bonds. The van der Waals surface area contributed by atoms with E-state index in [-0.39, 0.29) is 29.8 Å². The number of thioether (sulfide) groups is 1. The van der Waals surface area contributed by atoms with Crippen LogP contribution in [0.3, 0.4) is 0 Å². The average molecular weight is 496 g/mol. The van der Waals surface area contributed by atoms with Gasteiger partial charge in [-0.15, -0.1) is 35.7 Å². The van der Waals surface area contributed by atoms with Crippen molar-refractivity contribution in [3.05, 3.63) is 30.1 Å². The average Bonchev–Trinajstić information content (AvgIpc) is 2.64. The summed E-state index contributed by atoms with van der Waals surface area (Å²) in [5.41, 5.74) is 0. The number of rotatable bonds is 12. The summed E-state index contributed by atoms with van der Waals surface area (Å²) in [6.07, 6.45) is 3.39. The zero-order valence-electron chi connectivity index (χ0n) is 16.3. The van der Waals surface area contributed by atoms with Gasteiger partial charge in [-0.05, 0) is 68.9 Å². The fourth-order valence-corrected chi connectivity index (χ4v) is 3.28. The molecule has 1 rings (SSSR count). The summed E-state index contributed by atoms with van der Waals surface area (Å²) in [5.74, 6) is 1.69. The number of unbranched alkanes of at least 4 members (excludes halogenated alkanes) is 1. The standard InChI is InChI=1S/C19H33FN4S.HI/c1-4-24(5-2)15-7-6-13-22-19(21-3)23-14-8-16-25-18-11-9-17(20)10-12-18;/h9-12H,4-8,13-16H2,1-3H3,(H2,21,22,23);1H. The van der Waals surface area contributed by atoms with Gasteiger partial charge in [0.1, 0.15) is 5.82 Å². The van der Waals surface area contributed by atoms with Crippen LogP contribution in [0.4, 0.5) is 4.39 Å². The lowest BCUT2D eigenvalue weighted by molar-refractivity contribution is 0.297. The number of aliphatic imine (C=N–C) groups is 1. The Labute approximate surface area is 179 Å². The topological polar surface area (TPSA) is 39.7 Å². The SMILES string of the molecule is CCN(CC)CCCCNC(=NC)NCCCSc1ccc(F)cc1.I. The molecule has 0 fully saturated rings. The third-order valence-electron chi connectivity index (χ3n) is 4.01. The highest BCUT2D eigenvalue weighted by Crippen LogP contribution is 2.18. The van der Waals surface area contributed by atoms with Crippen LogP contribution in [0.25, 0.3) is 0 Å². The summed E-state index contributed by atoms with van der Waals surface area (Å²) in [6, 6.07) is 6.66. The summed E-state index contributed by atoms with van der Waals surface area (Å²) in [6.45, 7) is 9.68. The van der Waals surface area contributed by atoms with E-state index in [4.69, 9.17) is 0 Å². The van der Waals surface area contributed by atoms with Crippen molar-refractivity contribution < 1.29 is 4.39 Å². The monoisotopic (exact) mass is 496 g/mol. The molecule has 150 valence electrons. The van der Waals surface area contributed by atoms with E-state index in [1.54, 1.807) is 18.8 Å². The Morgan fingerprint density at radius 1 is 1.04 bits per heavy atom. The predicted molar refractivity (Wildman–Crippen MR) is 124 cm³/mol. The second kappa shape index (κ2) is 16.6. The fraction of sp³-hybridized carbons (Fsp3) is 0.632. The molecule has 0 aliphatic rings. The van der Waals surface area contributed by atoms with Gasteiger partial charge in [0.15, 0.2) is 5.96 Å². The van der Waals surface area contributed by atoms with Gasteiger partial charge in [-0.1, -0.05) is 13.8 Å². The van der Waals surface area contributed by atoms with Gasteiger partial charge in [-0.25, -0.2) is 4.39 Å². The van der Waals surface area contributed by atoms with Crippen molar-refractivity contribution in [3.63, 3.8) is 0 Å². The van der Waals surface area contributed by atoms with Gasteiger partial charge in [0.05, 0.1) is 0 Å². The Balaban J connectivity index is 0.00000625. The van der Waals surface area contributed by atoms with E-state index in [1.807, 2.05) is 12.1 Å². The molecular weight excluding hydrogens is 462 g/mol. The highest BCUT2D eigenvalue weighted by atomic mass is 127. The Kier molecular flexibility index (Phi) is 16.3. The first-order valence-electron chi connectivity index (χ1n) is 9.24. The van der Waals surface area contributed by atoms with Crippen molar-refractivity contribution in [2.45, 2.75) is 38.0 Å². The zero-order chi connectivity index (χ0) is 18.3. The van der Waals surface area contributed by atoms with E-state index < -0.39 is 0 Å². The van der Waals surface area contributed by atoms with E-state index in [0.717, 1.165) is 55.6 Å². The van der Waals surface area contributed by atoms with E-state index in [1.165, 1.54) is 25.1 Å². The molecule has 0 aromatic heterocycles. The van der Waals surface area contributed by atoms with Crippen molar-refractivity contribution in [2.24, 2.45) is 4.99 Å². The summed E-state index contributed by atoms with van der Waals surface area (Å²) in [4.78, 5) is 7.81. The highest BCUT2D eigenvalue weighted by Gasteiger charge is 2.00. The third-order valence-corrected chi connectivity index (χ3v) is 5.11. The molecule has 26 heavy (non-hydrogen) atoms. The van der Waals surface area contributed by atoms with Crippen molar-refractivity contribution in [2.75, 3.05) is 45.5 Å². The minimum absolute atomic E-state index is 0. The van der Waals surface area contributed by atoms with Crippen LogP contribution in [-0.4, -0.2) is 56.4 Å². The molecule has 0 spiro atoms. The second-order valence-electron chi connectivity index (χ2n) is 5.82. The number of benzene rings is 1. The van der Waals surface area contributed by atoms with E-state index in [0.29, 0.717) is 0 Å². The number of hydrogen-bond donors (Lipinski definition) is 2. The lowest BCUT2D eigenvalue weighted by atomic mass is 10.3. The first-order valence-corrected chi connectivity index (χ1v) is 10.2. The first-order chi connectivity index (χ1) is 12.2. The molecule has 0 radical (unpaired) electrons. The smallest absolute Gasteiger partial charge is 0.190 e. The van der Waals surface area contributed by atoms with Crippen LogP contribution in [0.1, 0.15) is 33.1 Å². The maximum atomic E-state index is 12.8. The highest BCUT2D eigenvalue weighted by molar-refractivity contribution is 14.0. The van der Waals surface area contributed by atoms with E-state index in [9.17, 15) is 4.39 Å². The number of halogens is 2. The summed E-state index contributed by atoms with van der Waals surface area (Å²) in [7, 11) is 1.80. The van der Waals surface area contributed by atoms with Crippen LogP contribution >= 0.6 is 35.7 Å². The molecule has 0 unspecified atom stereocenters. The summed E-state index contributed by atoms with van der Waals surface area (Å²) >= 11 is 1.75. The molecular formula is C19H34FIN4S. The number of nitrogens with one attached hydrogen (secondary N) is 2. The summed E-state index contributed by atoms with van der Waals surface area (Å²) < 4.78 is 12.8. The van der Waals surface area contributed by atoms with Crippen molar-refractivity contribution in [1.82, 2.24) is 15.5 Å². The Morgan fingerprint density at radius 3 is 2.23 bits per heavy atom. The van der Waals surface area contributed by atoms with Gasteiger partial charge in [0, 0.05) is 25.0 Å². The van der Waals surface area contributed by atoms with Crippen molar-refractivity contribution >= 4 is 41.7 Å². The summed E-state index contributed by atoms with van der Waals surface area (Å²) in [5, 5.41) is 6.71. The Morgan fingerprint density at radius 2 is 1.65 bits per heavy atom. The Hall–Kier alpha value is -0.540. The minimum Gasteiger partial charge on any atom is -0.356 e. The molecule has 0 bridgehead atoms. The van der Waals surface area contributed by atoms with Crippen LogP contribution in [0.2, 0.25) is 0 Å². The van der Waals surface area contributed by atoms with Gasteiger partial charge in [0.2, 0.25) is 0 Å². The molecule has 2 N–H and O–H groups in total. The quantitative estimate of drug-likeness (QED) is 0.150. The van der Waals surface area contributed by atoms with Gasteiger partial charge < -0.3 is 15.5 Å². The number of guanidine groups is 1. The lowest BCUT2D eigenvalue weighted by Crippen LogP contribution is -2.38. The van der Waals surface area contributed by atoms with Crippen LogP contribution < -0.4 is 10.6 Å². The van der Waals surface area contributed by atoms with E-state index in [2.05, 4.69) is 34.4 Å². The normalized spacial score (nSPS) is 11.3. The molecule has 0 atom stereocenters. The molecule has 0 saturated carbocycles. The Bertz CT molecular complexity index is 481. The number of nitrogens with zero attached hydrogens (tertiary/aromatic N) is 2. The molecule has 4 nitrogen and oxygen atoms in total. The van der Waals surface area contributed by atoms with Gasteiger partial charge in [-0.2, -0.15) is 0 Å². The maximum absolute atomic E-state index is 12.8. The van der Waals surface area contributed by atoms with Crippen LogP contribution in [0.15, 0.2) is 34.2 Å². The predicted octanol–water partition coefficient (Wildman–Crippen LogP) is 4.21. The molecule has 1 aromatic rings.